The predicted molar refractivity (Wildman–Crippen MR) is 82.4 cm³/mol. The number of nitrogens with one attached hydrogen (secondary N) is 1. The molecule has 2 fully saturated rings. The van der Waals surface area contributed by atoms with Crippen molar-refractivity contribution < 1.29 is 0 Å². The van der Waals surface area contributed by atoms with E-state index in [0.29, 0.717) is 4.75 Å². The van der Waals surface area contributed by atoms with Gasteiger partial charge in [0.25, 0.3) is 0 Å². The van der Waals surface area contributed by atoms with Crippen LogP contribution in [0.3, 0.4) is 0 Å². The predicted octanol–water partition coefficient (Wildman–Crippen LogP) is 2.98. The fraction of sp³-hybridized carbons (Fsp3) is 1.00. The van der Waals surface area contributed by atoms with Crippen LogP contribution in [0, 0.1) is 5.92 Å². The summed E-state index contributed by atoms with van der Waals surface area (Å²) < 4.78 is 0.588. The Kier molecular flexibility index (Phi) is 5.84. The van der Waals surface area contributed by atoms with E-state index in [2.05, 4.69) is 35.2 Å². The van der Waals surface area contributed by atoms with Crippen molar-refractivity contribution in [2.24, 2.45) is 5.92 Å². The second-order valence-electron chi connectivity index (χ2n) is 6.34. The standard InChI is InChI=1S/C15H30N2S/c1-14(12-17-9-4-3-5-10-17)11-16-13-15(18-2)7-6-8-15/h14,16H,3-13H2,1-2H3. The van der Waals surface area contributed by atoms with Crippen LogP contribution in [0.2, 0.25) is 0 Å². The van der Waals surface area contributed by atoms with Gasteiger partial charge in [-0.05, 0) is 57.5 Å². The molecule has 2 aliphatic rings. The maximum Gasteiger partial charge on any atom is 0.0281 e. The molecule has 1 unspecified atom stereocenters. The molecule has 1 saturated heterocycles. The summed E-state index contributed by atoms with van der Waals surface area (Å²) in [6, 6.07) is 0. The SMILES string of the molecule is CSC1(CNCC(C)CN2CCCCC2)CCC1. The molecular weight excluding hydrogens is 240 g/mol. The summed E-state index contributed by atoms with van der Waals surface area (Å²) in [5.74, 6) is 0.794. The number of piperidine rings is 1. The summed E-state index contributed by atoms with van der Waals surface area (Å²) >= 11 is 2.07. The number of likely N-dealkylation sites (tertiary alicyclic amines) is 1. The van der Waals surface area contributed by atoms with E-state index < -0.39 is 0 Å². The van der Waals surface area contributed by atoms with Gasteiger partial charge < -0.3 is 10.2 Å². The molecule has 0 spiro atoms. The summed E-state index contributed by atoms with van der Waals surface area (Å²) in [6.07, 6.45) is 10.8. The lowest BCUT2D eigenvalue weighted by Crippen LogP contribution is -2.45. The highest BCUT2D eigenvalue weighted by Gasteiger charge is 2.35. The summed E-state index contributed by atoms with van der Waals surface area (Å²) in [6.45, 7) is 8.77. The van der Waals surface area contributed by atoms with Gasteiger partial charge in [0.05, 0.1) is 0 Å². The van der Waals surface area contributed by atoms with E-state index in [-0.39, 0.29) is 0 Å². The third-order valence-corrected chi connectivity index (χ3v) is 6.07. The highest BCUT2D eigenvalue weighted by Crippen LogP contribution is 2.42. The topological polar surface area (TPSA) is 15.3 Å². The van der Waals surface area contributed by atoms with Gasteiger partial charge in [0.1, 0.15) is 0 Å². The van der Waals surface area contributed by atoms with Gasteiger partial charge in [-0.3, -0.25) is 0 Å². The zero-order valence-electron chi connectivity index (χ0n) is 12.2. The molecule has 1 aliphatic heterocycles. The van der Waals surface area contributed by atoms with Crippen molar-refractivity contribution in [3.8, 4) is 0 Å². The lowest BCUT2D eigenvalue weighted by atomic mass is 9.84. The second kappa shape index (κ2) is 7.16. The number of hydrogen-bond donors (Lipinski definition) is 1. The Morgan fingerprint density at radius 2 is 1.89 bits per heavy atom. The van der Waals surface area contributed by atoms with Crippen molar-refractivity contribution in [2.75, 3.05) is 39.0 Å². The molecular formula is C15H30N2S. The molecule has 1 aliphatic carbocycles. The maximum atomic E-state index is 3.72. The molecule has 0 aromatic carbocycles. The molecule has 0 aromatic heterocycles. The van der Waals surface area contributed by atoms with Crippen LogP contribution < -0.4 is 5.32 Å². The molecule has 1 N–H and O–H groups in total. The van der Waals surface area contributed by atoms with Crippen LogP contribution >= 0.6 is 11.8 Å². The smallest absolute Gasteiger partial charge is 0.0281 e. The van der Waals surface area contributed by atoms with Gasteiger partial charge in [-0.15, -0.1) is 0 Å². The molecule has 0 amide bonds. The van der Waals surface area contributed by atoms with Crippen LogP contribution in [0.4, 0.5) is 0 Å². The van der Waals surface area contributed by atoms with E-state index in [0.717, 1.165) is 5.92 Å². The first-order chi connectivity index (χ1) is 8.74. The van der Waals surface area contributed by atoms with E-state index >= 15 is 0 Å². The Labute approximate surface area is 117 Å². The van der Waals surface area contributed by atoms with Crippen LogP contribution in [0.5, 0.6) is 0 Å². The zero-order chi connectivity index (χ0) is 12.8. The lowest BCUT2D eigenvalue weighted by molar-refractivity contribution is 0.197. The molecule has 3 heteroatoms. The van der Waals surface area contributed by atoms with Crippen LogP contribution in [-0.4, -0.2) is 48.6 Å². The van der Waals surface area contributed by atoms with Crippen molar-refractivity contribution in [1.82, 2.24) is 10.2 Å². The highest BCUT2D eigenvalue weighted by atomic mass is 32.2. The number of thioether (sulfide) groups is 1. The molecule has 1 atom stereocenters. The average Bonchev–Trinajstić information content (AvgIpc) is 2.34. The van der Waals surface area contributed by atoms with Gasteiger partial charge >= 0.3 is 0 Å². The van der Waals surface area contributed by atoms with Gasteiger partial charge in [0, 0.05) is 17.8 Å². The summed E-state index contributed by atoms with van der Waals surface area (Å²) in [5.41, 5.74) is 0. The Balaban J connectivity index is 1.57. The fourth-order valence-electron chi connectivity index (χ4n) is 3.22. The minimum atomic E-state index is 0.588. The molecule has 0 radical (unpaired) electrons. The first kappa shape index (κ1) is 14.7. The molecule has 1 saturated carbocycles. The third kappa shape index (κ3) is 4.14. The van der Waals surface area contributed by atoms with E-state index in [9.17, 15) is 0 Å². The van der Waals surface area contributed by atoms with Crippen LogP contribution in [0.15, 0.2) is 0 Å². The minimum absolute atomic E-state index is 0.588. The second-order valence-corrected chi connectivity index (χ2v) is 7.61. The van der Waals surface area contributed by atoms with Gasteiger partial charge in [-0.25, -0.2) is 0 Å². The van der Waals surface area contributed by atoms with Crippen LogP contribution in [-0.2, 0) is 0 Å². The first-order valence-electron chi connectivity index (χ1n) is 7.72. The van der Waals surface area contributed by atoms with Crippen molar-refractivity contribution in [1.29, 1.82) is 0 Å². The normalized spacial score (nSPS) is 25.7. The molecule has 0 bridgehead atoms. The lowest BCUT2D eigenvalue weighted by Gasteiger charge is -2.41. The molecule has 18 heavy (non-hydrogen) atoms. The van der Waals surface area contributed by atoms with E-state index in [4.69, 9.17) is 0 Å². The quantitative estimate of drug-likeness (QED) is 0.765. The Bertz CT molecular complexity index is 229. The summed E-state index contributed by atoms with van der Waals surface area (Å²) in [4.78, 5) is 2.66. The Morgan fingerprint density at radius 3 is 2.44 bits per heavy atom. The van der Waals surface area contributed by atoms with Crippen LogP contribution in [0.25, 0.3) is 0 Å². The minimum Gasteiger partial charge on any atom is -0.315 e. The third-order valence-electron chi connectivity index (χ3n) is 4.66. The molecule has 106 valence electrons. The first-order valence-corrected chi connectivity index (χ1v) is 8.95. The van der Waals surface area contributed by atoms with Crippen molar-refractivity contribution in [3.63, 3.8) is 0 Å². The molecule has 1 heterocycles. The largest absolute Gasteiger partial charge is 0.315 e. The Morgan fingerprint density at radius 1 is 1.17 bits per heavy atom. The maximum absolute atomic E-state index is 3.72. The van der Waals surface area contributed by atoms with Crippen molar-refractivity contribution >= 4 is 11.8 Å². The average molecular weight is 270 g/mol. The van der Waals surface area contributed by atoms with Gasteiger partial charge in [0.15, 0.2) is 0 Å². The number of rotatable bonds is 7. The highest BCUT2D eigenvalue weighted by molar-refractivity contribution is 8.00. The number of nitrogens with zero attached hydrogens (tertiary/aromatic N) is 1. The van der Waals surface area contributed by atoms with E-state index in [1.165, 1.54) is 71.2 Å². The van der Waals surface area contributed by atoms with Gasteiger partial charge in [0.2, 0.25) is 0 Å². The van der Waals surface area contributed by atoms with Gasteiger partial charge in [-0.1, -0.05) is 19.8 Å². The monoisotopic (exact) mass is 270 g/mol. The fourth-order valence-corrected chi connectivity index (χ4v) is 4.16. The number of hydrogen-bond acceptors (Lipinski definition) is 3. The Hall–Kier alpha value is 0.270. The van der Waals surface area contributed by atoms with E-state index in [1.807, 2.05) is 0 Å². The van der Waals surface area contributed by atoms with Crippen molar-refractivity contribution in [2.45, 2.75) is 50.2 Å². The molecule has 2 nitrogen and oxygen atoms in total. The van der Waals surface area contributed by atoms with E-state index in [1.54, 1.807) is 0 Å². The molecule has 2 rings (SSSR count). The van der Waals surface area contributed by atoms with Crippen molar-refractivity contribution in [3.05, 3.63) is 0 Å². The summed E-state index contributed by atoms with van der Waals surface area (Å²) in [7, 11) is 0. The summed E-state index contributed by atoms with van der Waals surface area (Å²) in [5, 5.41) is 3.72. The zero-order valence-corrected chi connectivity index (χ0v) is 13.0. The van der Waals surface area contributed by atoms with Crippen LogP contribution in [0.1, 0.15) is 45.4 Å². The molecule has 0 aromatic rings. The van der Waals surface area contributed by atoms with Gasteiger partial charge in [-0.2, -0.15) is 11.8 Å².